The summed E-state index contributed by atoms with van der Waals surface area (Å²) in [6, 6.07) is 11.4. The molecular weight excluding hydrogens is 416 g/mol. The fourth-order valence-corrected chi connectivity index (χ4v) is 3.02. The van der Waals surface area contributed by atoms with Gasteiger partial charge in [-0.25, -0.2) is 4.98 Å². The molecule has 138 valence electrons. The normalized spacial score (nSPS) is 10.7. The molecule has 0 saturated carbocycles. The minimum Gasteiger partial charge on any atom is -0.340 e. The third-order valence-corrected chi connectivity index (χ3v) is 4.89. The monoisotopic (exact) mass is 430 g/mol. The first kappa shape index (κ1) is 18.7. The minimum atomic E-state index is -0.577. The maximum atomic E-state index is 12.6. The van der Waals surface area contributed by atoms with E-state index in [2.05, 4.69) is 20.9 Å². The van der Waals surface area contributed by atoms with Crippen LogP contribution in [0.4, 0.5) is 5.69 Å². The number of nitro groups is 1. The molecule has 1 aromatic heterocycles. The van der Waals surface area contributed by atoms with Crippen LogP contribution in [0.25, 0.3) is 10.9 Å². The van der Waals surface area contributed by atoms with Gasteiger partial charge in [-0.3, -0.25) is 24.3 Å². The quantitative estimate of drug-likeness (QED) is 0.457. The van der Waals surface area contributed by atoms with Gasteiger partial charge >= 0.3 is 0 Å². The van der Waals surface area contributed by atoms with Gasteiger partial charge in [0.25, 0.3) is 11.2 Å². The predicted molar refractivity (Wildman–Crippen MR) is 103 cm³/mol. The highest BCUT2D eigenvalue weighted by Crippen LogP contribution is 2.18. The van der Waals surface area contributed by atoms with Crippen molar-refractivity contribution in [3.05, 3.63) is 79.3 Å². The molecule has 0 aliphatic heterocycles. The second-order valence-corrected chi connectivity index (χ2v) is 6.83. The number of fused-ring (bicyclic) bond motifs is 1. The molecule has 27 heavy (non-hydrogen) atoms. The molecule has 0 radical (unpaired) electrons. The Kier molecular flexibility index (Phi) is 5.31. The summed E-state index contributed by atoms with van der Waals surface area (Å²) in [6.07, 6.45) is 1.28. The molecule has 8 nitrogen and oxygen atoms in total. The van der Waals surface area contributed by atoms with Crippen molar-refractivity contribution in [2.75, 3.05) is 7.05 Å². The number of nitro benzene ring substituents is 1. The number of hydrogen-bond donors (Lipinski definition) is 0. The zero-order valence-corrected chi connectivity index (χ0v) is 15.9. The van der Waals surface area contributed by atoms with Gasteiger partial charge in [0.15, 0.2) is 0 Å². The van der Waals surface area contributed by atoms with Gasteiger partial charge < -0.3 is 4.90 Å². The van der Waals surface area contributed by atoms with Gasteiger partial charge in [0, 0.05) is 30.2 Å². The lowest BCUT2D eigenvalue weighted by atomic mass is 10.2. The Morgan fingerprint density at radius 3 is 2.74 bits per heavy atom. The maximum Gasteiger partial charge on any atom is 0.270 e. The summed E-state index contributed by atoms with van der Waals surface area (Å²) in [4.78, 5) is 41.1. The number of halogens is 1. The average Bonchev–Trinajstić information content (AvgIpc) is 2.65. The molecule has 0 unspecified atom stereocenters. The summed E-state index contributed by atoms with van der Waals surface area (Å²) in [5, 5.41) is 11.0. The van der Waals surface area contributed by atoms with E-state index in [0.29, 0.717) is 12.1 Å². The summed E-state index contributed by atoms with van der Waals surface area (Å²) < 4.78 is 2.05. The lowest BCUT2D eigenvalue weighted by molar-refractivity contribution is -0.384. The number of aromatic nitrogens is 2. The van der Waals surface area contributed by atoms with Gasteiger partial charge in [-0.2, -0.15) is 0 Å². The topological polar surface area (TPSA) is 98.3 Å². The molecule has 0 N–H and O–H groups in total. The summed E-state index contributed by atoms with van der Waals surface area (Å²) in [5.74, 6) is -0.278. The number of hydrogen-bond acceptors (Lipinski definition) is 5. The van der Waals surface area contributed by atoms with Crippen molar-refractivity contribution in [2.45, 2.75) is 13.1 Å². The fraction of sp³-hybridized carbons (Fsp3) is 0.167. The third-order valence-electron chi connectivity index (χ3n) is 4.12. The van der Waals surface area contributed by atoms with Crippen LogP contribution < -0.4 is 5.56 Å². The molecule has 1 amide bonds. The first-order valence-electron chi connectivity index (χ1n) is 7.98. The number of benzene rings is 2. The molecule has 3 aromatic rings. The number of rotatable bonds is 5. The smallest absolute Gasteiger partial charge is 0.270 e. The van der Waals surface area contributed by atoms with Gasteiger partial charge in [0.05, 0.1) is 22.2 Å². The number of non-ortho nitro benzene ring substituents is 1. The van der Waals surface area contributed by atoms with E-state index in [1.165, 1.54) is 29.4 Å². The Morgan fingerprint density at radius 2 is 2.04 bits per heavy atom. The van der Waals surface area contributed by atoms with Crippen LogP contribution in [0.2, 0.25) is 0 Å². The lowest BCUT2D eigenvalue weighted by Crippen LogP contribution is -2.33. The zero-order valence-electron chi connectivity index (χ0n) is 14.3. The SMILES string of the molecule is CN(Cc1ccccc1Br)C(=O)Cn1cnc2ccc([N+](=O)[O-])cc2c1=O. The number of carbonyl (C=O) groups is 1. The van der Waals surface area contributed by atoms with E-state index in [9.17, 15) is 19.7 Å². The minimum absolute atomic E-state index is 0.105. The van der Waals surface area contributed by atoms with Crippen LogP contribution >= 0.6 is 15.9 Å². The van der Waals surface area contributed by atoms with E-state index < -0.39 is 10.5 Å². The highest BCUT2D eigenvalue weighted by atomic mass is 79.9. The van der Waals surface area contributed by atoms with E-state index in [1.54, 1.807) is 7.05 Å². The molecule has 0 atom stereocenters. The number of nitrogens with zero attached hydrogens (tertiary/aromatic N) is 4. The van der Waals surface area contributed by atoms with E-state index in [1.807, 2.05) is 24.3 Å². The largest absolute Gasteiger partial charge is 0.340 e. The summed E-state index contributed by atoms with van der Waals surface area (Å²) >= 11 is 3.44. The van der Waals surface area contributed by atoms with Crippen molar-refractivity contribution in [1.29, 1.82) is 0 Å². The second-order valence-electron chi connectivity index (χ2n) is 5.98. The number of likely N-dealkylation sites (N-methyl/N-ethyl adjacent to an activating group) is 1. The summed E-state index contributed by atoms with van der Waals surface area (Å²) in [5.41, 5.74) is 0.590. The predicted octanol–water partition coefficient (Wildman–Crippen LogP) is 2.73. The highest BCUT2D eigenvalue weighted by molar-refractivity contribution is 9.10. The number of carbonyl (C=O) groups excluding carboxylic acids is 1. The van der Waals surface area contributed by atoms with E-state index in [-0.39, 0.29) is 23.5 Å². The maximum absolute atomic E-state index is 12.6. The van der Waals surface area contributed by atoms with Crippen molar-refractivity contribution in [3.8, 4) is 0 Å². The molecular formula is C18H15BrN4O4. The van der Waals surface area contributed by atoms with Crippen LogP contribution in [0.15, 0.2) is 58.1 Å². The molecule has 0 bridgehead atoms. The van der Waals surface area contributed by atoms with Crippen LogP contribution in [0.5, 0.6) is 0 Å². The lowest BCUT2D eigenvalue weighted by Gasteiger charge is -2.18. The van der Waals surface area contributed by atoms with Gasteiger partial charge in [-0.1, -0.05) is 34.1 Å². The molecule has 2 aromatic carbocycles. The molecule has 1 heterocycles. The highest BCUT2D eigenvalue weighted by Gasteiger charge is 2.15. The van der Waals surface area contributed by atoms with Crippen molar-refractivity contribution < 1.29 is 9.72 Å². The molecule has 0 spiro atoms. The van der Waals surface area contributed by atoms with Crippen LogP contribution in [0, 0.1) is 10.1 Å². The van der Waals surface area contributed by atoms with Gasteiger partial charge in [0.2, 0.25) is 5.91 Å². The van der Waals surface area contributed by atoms with Crippen molar-refractivity contribution >= 4 is 38.4 Å². The van der Waals surface area contributed by atoms with E-state index >= 15 is 0 Å². The average molecular weight is 431 g/mol. The third kappa shape index (κ3) is 4.03. The van der Waals surface area contributed by atoms with Crippen LogP contribution in [0.1, 0.15) is 5.56 Å². The molecule has 0 aliphatic carbocycles. The second kappa shape index (κ2) is 7.67. The van der Waals surface area contributed by atoms with Crippen LogP contribution in [-0.2, 0) is 17.9 Å². The van der Waals surface area contributed by atoms with Gasteiger partial charge in [-0.05, 0) is 17.7 Å². The standard InChI is InChI=1S/C18H15BrN4O4/c1-21(9-12-4-2-3-5-15(12)19)17(24)10-22-11-20-16-7-6-13(23(26)27)8-14(16)18(22)25/h2-8,11H,9-10H2,1H3. The van der Waals surface area contributed by atoms with E-state index in [0.717, 1.165) is 14.6 Å². The zero-order chi connectivity index (χ0) is 19.6. The molecule has 0 aliphatic rings. The Labute approximate surface area is 162 Å². The Balaban J connectivity index is 1.84. The van der Waals surface area contributed by atoms with Crippen molar-refractivity contribution in [3.63, 3.8) is 0 Å². The van der Waals surface area contributed by atoms with Crippen molar-refractivity contribution in [2.24, 2.45) is 0 Å². The van der Waals surface area contributed by atoms with Crippen LogP contribution in [0.3, 0.4) is 0 Å². The Hall–Kier alpha value is -3.07. The molecule has 0 saturated heterocycles. The first-order chi connectivity index (χ1) is 12.9. The van der Waals surface area contributed by atoms with Crippen LogP contribution in [-0.4, -0.2) is 32.3 Å². The number of amides is 1. The molecule has 3 rings (SSSR count). The summed E-state index contributed by atoms with van der Waals surface area (Å²) in [7, 11) is 1.64. The first-order valence-corrected chi connectivity index (χ1v) is 8.77. The molecule has 0 fully saturated rings. The summed E-state index contributed by atoms with van der Waals surface area (Å²) in [6.45, 7) is 0.174. The fourth-order valence-electron chi connectivity index (χ4n) is 2.61. The molecule has 9 heteroatoms. The van der Waals surface area contributed by atoms with E-state index in [4.69, 9.17) is 0 Å². The van der Waals surface area contributed by atoms with Gasteiger partial charge in [-0.15, -0.1) is 0 Å². The van der Waals surface area contributed by atoms with Crippen molar-refractivity contribution in [1.82, 2.24) is 14.5 Å². The Bertz CT molecular complexity index is 1100. The van der Waals surface area contributed by atoms with Gasteiger partial charge in [0.1, 0.15) is 6.54 Å². The Morgan fingerprint density at radius 1 is 1.30 bits per heavy atom.